The summed E-state index contributed by atoms with van der Waals surface area (Å²) in [5, 5.41) is 11.0. The number of aliphatic hydroxyl groups excluding tert-OH is 1. The summed E-state index contributed by atoms with van der Waals surface area (Å²) in [6.45, 7) is -0.203. The van der Waals surface area contributed by atoms with Crippen molar-refractivity contribution in [1.82, 2.24) is 19.5 Å². The number of fused-ring (bicyclic) bond motifs is 2. The van der Waals surface area contributed by atoms with E-state index in [4.69, 9.17) is 19.5 Å². The third kappa shape index (κ3) is 3.90. The number of carbonyl (C=O) groups excluding carboxylic acids is 1. The number of esters is 1. The van der Waals surface area contributed by atoms with Gasteiger partial charge in [0.05, 0.1) is 0 Å². The zero-order chi connectivity index (χ0) is 21.6. The molecule has 2 aliphatic rings. The van der Waals surface area contributed by atoms with Crippen molar-refractivity contribution in [3.63, 3.8) is 0 Å². The Labute approximate surface area is 173 Å². The summed E-state index contributed by atoms with van der Waals surface area (Å²) in [6, 6.07) is 0. The molecule has 16 heteroatoms. The van der Waals surface area contributed by atoms with Gasteiger partial charge < -0.3 is 0 Å². The summed E-state index contributed by atoms with van der Waals surface area (Å²) < 4.78 is 21.8. The number of rotatable bonds is 5. The minimum atomic E-state index is -4.37. The van der Waals surface area contributed by atoms with Crippen molar-refractivity contribution in [2.45, 2.75) is 36.1 Å². The zero-order valence-electron chi connectivity index (χ0n) is 15.5. The molecule has 2 aromatic heterocycles. The van der Waals surface area contributed by atoms with E-state index >= 15 is 0 Å². The number of aromatic nitrogens is 4. The zero-order valence-corrected chi connectivity index (χ0v) is 17.4. The Morgan fingerprint density at radius 3 is 2.97 bits per heavy atom. The molecule has 14 nitrogen and oxygen atoms in total. The Morgan fingerprint density at radius 2 is 2.23 bits per heavy atom. The summed E-state index contributed by atoms with van der Waals surface area (Å²) in [4.78, 5) is 53.8. The summed E-state index contributed by atoms with van der Waals surface area (Å²) >= 11 is 1.12. The number of nitrogen functional groups attached to an aromatic ring is 1. The number of hydrogen-bond acceptors (Lipinski definition) is 13. The summed E-state index contributed by atoms with van der Waals surface area (Å²) in [6.07, 6.45) is -4.28. The van der Waals surface area contributed by atoms with Gasteiger partial charge >= 0.3 is 172 Å². The van der Waals surface area contributed by atoms with Gasteiger partial charge in [0.1, 0.15) is 0 Å². The first kappa shape index (κ1) is 21.4. The third-order valence-electron chi connectivity index (χ3n) is 4.59. The molecule has 0 aromatic carbocycles. The third-order valence-corrected chi connectivity index (χ3v) is 6.67. The number of nitrogens with two attached hydrogens (primary N) is 1. The van der Waals surface area contributed by atoms with Crippen LogP contribution in [0.25, 0.3) is 11.2 Å². The normalized spacial score (nSPS) is 28.9. The van der Waals surface area contributed by atoms with Crippen molar-refractivity contribution >= 4 is 43.0 Å². The first-order chi connectivity index (χ1) is 14.2. The van der Waals surface area contributed by atoms with Gasteiger partial charge in [0.25, 0.3) is 0 Å². The van der Waals surface area contributed by atoms with E-state index in [0.29, 0.717) is 0 Å². The Hall–Kier alpha value is -1.84. The molecule has 2 aliphatic heterocycles. The maximum atomic E-state index is 12.3. The topological polar surface area (TPSA) is 204 Å². The van der Waals surface area contributed by atoms with Gasteiger partial charge in [-0.05, 0) is 0 Å². The van der Waals surface area contributed by atoms with Gasteiger partial charge in [-0.2, -0.15) is 0 Å². The molecule has 4 rings (SSSR count). The summed E-state index contributed by atoms with van der Waals surface area (Å²) in [7, 11) is -3.10. The van der Waals surface area contributed by atoms with Crippen LogP contribution >= 0.6 is 19.9 Å². The molecule has 0 spiro atoms. The molecule has 0 bridgehead atoms. The van der Waals surface area contributed by atoms with E-state index in [9.17, 15) is 24.5 Å². The van der Waals surface area contributed by atoms with Crippen LogP contribution in [0.5, 0.6) is 0 Å². The molecule has 0 saturated carbocycles. The number of hydrogen-bond donors (Lipinski definition) is 5. The number of nitrogens with one attached hydrogen (secondary N) is 1. The van der Waals surface area contributed by atoms with Crippen LogP contribution in [0.2, 0.25) is 0 Å². The van der Waals surface area contributed by atoms with E-state index in [-0.39, 0.29) is 41.0 Å². The summed E-state index contributed by atoms with van der Waals surface area (Å²) in [5.74, 6) is -0.324. The van der Waals surface area contributed by atoms with Crippen molar-refractivity contribution in [2.75, 3.05) is 25.2 Å². The average Bonchev–Trinajstić information content (AvgIpc) is 3.18. The van der Waals surface area contributed by atoms with Gasteiger partial charge in [-0.1, -0.05) is 0 Å². The number of methoxy groups -OCH3 is 1. The fraction of sp³-hybridized carbons (Fsp3) is 0.571. The fourth-order valence-corrected chi connectivity index (χ4v) is 5.29. The van der Waals surface area contributed by atoms with E-state index in [1.54, 1.807) is 0 Å². The molecule has 166 valence electrons. The number of imidazole rings is 1. The number of carbonyl (C=O) groups is 1. The van der Waals surface area contributed by atoms with Crippen LogP contribution in [0.1, 0.15) is 12.6 Å². The second-order valence-electron chi connectivity index (χ2n) is 6.56. The molecule has 30 heavy (non-hydrogen) atoms. The van der Waals surface area contributed by atoms with Crippen LogP contribution in [-0.2, 0) is 23.3 Å². The molecule has 2 unspecified atom stereocenters. The van der Waals surface area contributed by atoms with Crippen molar-refractivity contribution in [1.29, 1.82) is 0 Å². The molecule has 4 heterocycles. The monoisotopic (exact) mass is 465 g/mol. The number of H-pyrrole nitrogens is 1. The van der Waals surface area contributed by atoms with Crippen LogP contribution < -0.4 is 11.3 Å². The predicted octanol–water partition coefficient (Wildman–Crippen LogP) is -1.57. The van der Waals surface area contributed by atoms with Gasteiger partial charge in [-0.3, -0.25) is 0 Å². The van der Waals surface area contributed by atoms with Gasteiger partial charge in [0.2, 0.25) is 0 Å². The van der Waals surface area contributed by atoms with E-state index in [0.717, 1.165) is 11.8 Å². The second kappa shape index (κ2) is 8.01. The molecule has 2 saturated heterocycles. The Balaban J connectivity index is 1.72. The number of thioether (sulfide) groups is 1. The fourth-order valence-electron chi connectivity index (χ4n) is 3.25. The quantitative estimate of drug-likeness (QED) is 0.192. The number of ether oxygens (including phenoxy) is 2. The maximum absolute atomic E-state index is 12.3. The van der Waals surface area contributed by atoms with Gasteiger partial charge in [0, 0.05) is 0 Å². The van der Waals surface area contributed by atoms with Crippen molar-refractivity contribution < 1.29 is 38.2 Å². The first-order valence-electron chi connectivity index (χ1n) is 8.77. The Bertz CT molecular complexity index is 1030. The molecule has 4 atom stereocenters. The summed E-state index contributed by atoms with van der Waals surface area (Å²) in [5.41, 5.74) is 5.08. The molecular weight excluding hydrogens is 445 g/mol. The van der Waals surface area contributed by atoms with E-state index in [1.807, 2.05) is 0 Å². The van der Waals surface area contributed by atoms with Gasteiger partial charge in [0.15, 0.2) is 0 Å². The molecule has 2 aromatic rings. The van der Waals surface area contributed by atoms with Crippen LogP contribution in [0.3, 0.4) is 0 Å². The number of aromatic amines is 1. The second-order valence-corrected chi connectivity index (χ2v) is 9.24. The number of nitrogens with zero attached hydrogens (tertiary/aromatic N) is 3. The standard InChI is InChI=1S/C14H20N5O9PS/c1-25-6(20)2-3-30-14-16-7-10(17-13(15)18-11(7)22)19(14)12-8(21)9-5(27-12)4-26-29(23,24)28-9/h5,8-9,12,21,23-24,29H,2-4H2,1H3,(H3,15,17,18,22)/t5?,8?,9-,12-/m1/s1. The van der Waals surface area contributed by atoms with Crippen molar-refractivity contribution in [2.24, 2.45) is 0 Å². The van der Waals surface area contributed by atoms with Gasteiger partial charge in [-0.15, -0.1) is 0 Å². The Kier molecular flexibility index (Phi) is 5.71. The molecule has 0 aliphatic carbocycles. The molecular formula is C14H20N5O9PS. The van der Waals surface area contributed by atoms with Crippen molar-refractivity contribution in [3.05, 3.63) is 10.4 Å². The molecule has 0 radical (unpaired) electrons. The van der Waals surface area contributed by atoms with Crippen LogP contribution in [-0.4, -0.2) is 78.2 Å². The predicted molar refractivity (Wildman–Crippen MR) is 103 cm³/mol. The minimum absolute atomic E-state index is 0.0411. The van der Waals surface area contributed by atoms with Crippen LogP contribution in [0.15, 0.2) is 9.95 Å². The molecule has 2 fully saturated rings. The average molecular weight is 465 g/mol. The SMILES string of the molecule is COC(=O)CCSc1nc2c(=O)[nH]c(N)nc2n1[C@@H]1OC2CO[PH](O)(O)O[C@H]2C1O. The van der Waals surface area contributed by atoms with Crippen LogP contribution in [0.4, 0.5) is 5.95 Å². The number of anilines is 1. The van der Waals surface area contributed by atoms with Crippen LogP contribution in [0, 0.1) is 0 Å². The van der Waals surface area contributed by atoms with Gasteiger partial charge in [-0.25, -0.2) is 0 Å². The molecule has 6 N–H and O–H groups in total. The van der Waals surface area contributed by atoms with E-state index < -0.39 is 44.2 Å². The van der Waals surface area contributed by atoms with E-state index in [2.05, 4.69) is 19.7 Å². The van der Waals surface area contributed by atoms with Crippen molar-refractivity contribution in [3.8, 4) is 0 Å². The number of aliphatic hydroxyl groups is 1. The molecule has 0 amide bonds. The first-order valence-corrected chi connectivity index (χ1v) is 11.5. The van der Waals surface area contributed by atoms with E-state index in [1.165, 1.54) is 11.7 Å². The Morgan fingerprint density at radius 1 is 1.47 bits per heavy atom.